The minimum atomic E-state index is -4.42. The van der Waals surface area contributed by atoms with Crippen molar-refractivity contribution < 1.29 is 17.9 Å². The van der Waals surface area contributed by atoms with Crippen molar-refractivity contribution in [2.24, 2.45) is 0 Å². The van der Waals surface area contributed by atoms with Gasteiger partial charge in [0.1, 0.15) is 11.4 Å². The first kappa shape index (κ1) is 16.7. The third-order valence-electron chi connectivity index (χ3n) is 2.08. The van der Waals surface area contributed by atoms with Crippen LogP contribution in [0.4, 0.5) is 13.2 Å². The van der Waals surface area contributed by atoms with E-state index in [1.54, 1.807) is 20.8 Å². The van der Waals surface area contributed by atoms with E-state index in [4.69, 9.17) is 4.74 Å². The molecule has 1 aromatic heterocycles. The van der Waals surface area contributed by atoms with E-state index in [0.717, 1.165) is 6.07 Å². The van der Waals surface area contributed by atoms with Gasteiger partial charge in [0.2, 0.25) is 0 Å². The normalized spacial score (nSPS) is 11.6. The number of hydrogen-bond acceptors (Lipinski definition) is 2. The Balaban J connectivity index is 0.00000137. The Kier molecular flexibility index (Phi) is 5.64. The summed E-state index contributed by atoms with van der Waals surface area (Å²) in [6, 6.07) is 2.23. The molecular formula is C13H20F3NO. The molecule has 0 saturated carbocycles. The Labute approximate surface area is 106 Å². The maximum atomic E-state index is 12.5. The monoisotopic (exact) mass is 263 g/mol. The summed E-state index contributed by atoms with van der Waals surface area (Å²) in [6.45, 7) is 9.37. The van der Waals surface area contributed by atoms with Crippen molar-refractivity contribution in [2.75, 3.05) is 7.11 Å². The van der Waals surface area contributed by atoms with E-state index < -0.39 is 17.3 Å². The highest BCUT2D eigenvalue weighted by molar-refractivity contribution is 5.34. The summed E-state index contributed by atoms with van der Waals surface area (Å²) in [5.41, 5.74) is -1.07. The predicted octanol–water partition coefficient (Wildman–Crippen LogP) is 4.43. The molecule has 0 aliphatic carbocycles. The largest absolute Gasteiger partial charge is 0.495 e. The van der Waals surface area contributed by atoms with Crippen LogP contribution in [0.2, 0.25) is 0 Å². The van der Waals surface area contributed by atoms with Gasteiger partial charge in [-0.25, -0.2) is 4.98 Å². The molecule has 0 saturated heterocycles. The first-order chi connectivity index (χ1) is 8.16. The lowest BCUT2D eigenvalue weighted by molar-refractivity contribution is -0.141. The van der Waals surface area contributed by atoms with Crippen LogP contribution in [0.25, 0.3) is 0 Å². The summed E-state index contributed by atoms with van der Waals surface area (Å²) < 4.78 is 42.5. The van der Waals surface area contributed by atoms with E-state index in [9.17, 15) is 13.2 Å². The molecule has 104 valence electrons. The van der Waals surface area contributed by atoms with E-state index in [1.807, 2.05) is 13.8 Å². The van der Waals surface area contributed by atoms with E-state index in [0.29, 0.717) is 11.4 Å². The maximum Gasteiger partial charge on any atom is 0.433 e. The lowest BCUT2D eigenvalue weighted by Crippen LogP contribution is -2.18. The molecule has 0 N–H and O–H groups in total. The molecule has 0 aromatic carbocycles. The van der Waals surface area contributed by atoms with Gasteiger partial charge in [-0.2, -0.15) is 13.2 Å². The molecule has 0 unspecified atom stereocenters. The molecule has 5 heteroatoms. The van der Waals surface area contributed by atoms with E-state index in [1.165, 1.54) is 13.2 Å². The van der Waals surface area contributed by atoms with Gasteiger partial charge >= 0.3 is 6.18 Å². The number of alkyl halides is 3. The van der Waals surface area contributed by atoms with Crippen LogP contribution in [0.5, 0.6) is 5.75 Å². The van der Waals surface area contributed by atoms with Crippen molar-refractivity contribution in [1.29, 1.82) is 0 Å². The number of aromatic nitrogens is 1. The third-order valence-corrected chi connectivity index (χ3v) is 2.08. The summed E-state index contributed by atoms with van der Waals surface area (Å²) in [5.74, 6) is 0.375. The molecule has 0 fully saturated rings. The Morgan fingerprint density at radius 2 is 1.56 bits per heavy atom. The smallest absolute Gasteiger partial charge is 0.433 e. The van der Waals surface area contributed by atoms with Gasteiger partial charge in [0, 0.05) is 5.41 Å². The Hall–Kier alpha value is -1.26. The fraction of sp³-hybridized carbons (Fsp3) is 0.615. The molecule has 0 aliphatic rings. The quantitative estimate of drug-likeness (QED) is 0.747. The second kappa shape index (κ2) is 6.07. The maximum absolute atomic E-state index is 12.5. The zero-order valence-electron chi connectivity index (χ0n) is 11.6. The number of rotatable bonds is 1. The van der Waals surface area contributed by atoms with Gasteiger partial charge in [-0.3, -0.25) is 0 Å². The van der Waals surface area contributed by atoms with Crippen LogP contribution in [0, 0.1) is 0 Å². The first-order valence-corrected chi connectivity index (χ1v) is 5.79. The fourth-order valence-corrected chi connectivity index (χ4v) is 1.31. The highest BCUT2D eigenvalue weighted by Crippen LogP contribution is 2.34. The molecular weight excluding hydrogens is 243 g/mol. The second-order valence-corrected chi connectivity index (χ2v) is 4.50. The lowest BCUT2D eigenvalue weighted by Gasteiger charge is -2.21. The van der Waals surface area contributed by atoms with Gasteiger partial charge in [-0.1, -0.05) is 34.6 Å². The minimum absolute atomic E-state index is 0.310. The highest BCUT2D eigenvalue weighted by atomic mass is 19.4. The molecule has 0 bridgehead atoms. The summed E-state index contributed by atoms with van der Waals surface area (Å²) in [4.78, 5) is 3.64. The zero-order valence-corrected chi connectivity index (χ0v) is 11.6. The van der Waals surface area contributed by atoms with Crippen LogP contribution < -0.4 is 4.74 Å². The molecule has 1 aromatic rings. The molecule has 0 aliphatic heterocycles. The molecule has 0 radical (unpaired) electrons. The topological polar surface area (TPSA) is 22.1 Å². The fourth-order valence-electron chi connectivity index (χ4n) is 1.31. The molecule has 0 atom stereocenters. The van der Waals surface area contributed by atoms with Crippen LogP contribution in [0.3, 0.4) is 0 Å². The van der Waals surface area contributed by atoms with Crippen LogP contribution in [0.1, 0.15) is 46.0 Å². The molecule has 18 heavy (non-hydrogen) atoms. The Morgan fingerprint density at radius 3 is 1.89 bits per heavy atom. The molecule has 1 heterocycles. The summed E-state index contributed by atoms with van der Waals surface area (Å²) >= 11 is 0. The van der Waals surface area contributed by atoms with Gasteiger partial charge in [0.25, 0.3) is 0 Å². The first-order valence-electron chi connectivity index (χ1n) is 5.79. The van der Waals surface area contributed by atoms with Crippen molar-refractivity contribution in [3.8, 4) is 5.75 Å². The van der Waals surface area contributed by atoms with Crippen LogP contribution >= 0.6 is 0 Å². The molecule has 0 amide bonds. The third kappa shape index (κ3) is 4.20. The van der Waals surface area contributed by atoms with Crippen molar-refractivity contribution in [1.82, 2.24) is 4.98 Å². The van der Waals surface area contributed by atoms with Crippen molar-refractivity contribution >= 4 is 0 Å². The van der Waals surface area contributed by atoms with Crippen LogP contribution in [0.15, 0.2) is 12.1 Å². The number of nitrogens with zero attached hydrogens (tertiary/aromatic N) is 1. The van der Waals surface area contributed by atoms with Gasteiger partial charge in [0.15, 0.2) is 0 Å². The van der Waals surface area contributed by atoms with Gasteiger partial charge in [-0.05, 0) is 12.1 Å². The summed E-state index contributed by atoms with van der Waals surface area (Å²) in [6.07, 6.45) is -4.42. The molecule has 0 spiro atoms. The van der Waals surface area contributed by atoms with Crippen molar-refractivity contribution in [3.63, 3.8) is 0 Å². The molecule has 2 nitrogen and oxygen atoms in total. The number of methoxy groups -OCH3 is 1. The number of halogens is 3. The Bertz CT molecular complexity index is 381. The van der Waals surface area contributed by atoms with Gasteiger partial charge < -0.3 is 4.74 Å². The number of hydrogen-bond donors (Lipinski definition) is 0. The van der Waals surface area contributed by atoms with E-state index >= 15 is 0 Å². The van der Waals surface area contributed by atoms with Crippen molar-refractivity contribution in [2.45, 2.75) is 46.2 Å². The number of ether oxygens (including phenoxy) is 1. The minimum Gasteiger partial charge on any atom is -0.495 e. The average molecular weight is 263 g/mol. The average Bonchev–Trinajstić information content (AvgIpc) is 2.28. The Morgan fingerprint density at radius 1 is 1.06 bits per heavy atom. The van der Waals surface area contributed by atoms with Crippen molar-refractivity contribution in [3.05, 3.63) is 23.5 Å². The summed E-state index contributed by atoms with van der Waals surface area (Å²) in [7, 11) is 1.42. The predicted molar refractivity (Wildman–Crippen MR) is 65.8 cm³/mol. The number of pyridine rings is 1. The van der Waals surface area contributed by atoms with Gasteiger partial charge in [0.05, 0.1) is 12.8 Å². The van der Waals surface area contributed by atoms with Crippen LogP contribution in [-0.4, -0.2) is 12.1 Å². The standard InChI is InChI=1S/C11H14F3NO.C2H6/c1-10(2,3)9-7(16-4)5-6-8(15-9)11(12,13)14;1-2/h5-6H,1-4H3;1-2H3. The van der Waals surface area contributed by atoms with E-state index in [2.05, 4.69) is 4.98 Å². The van der Waals surface area contributed by atoms with E-state index in [-0.39, 0.29) is 0 Å². The second-order valence-electron chi connectivity index (χ2n) is 4.50. The van der Waals surface area contributed by atoms with Gasteiger partial charge in [-0.15, -0.1) is 0 Å². The van der Waals surface area contributed by atoms with Crippen LogP contribution in [-0.2, 0) is 11.6 Å². The zero-order chi connectivity index (χ0) is 14.6. The highest BCUT2D eigenvalue weighted by Gasteiger charge is 2.34. The SMILES string of the molecule is CC.COc1ccc(C(F)(F)F)nc1C(C)(C)C. The molecule has 1 rings (SSSR count). The lowest BCUT2D eigenvalue weighted by atomic mass is 9.90. The summed E-state index contributed by atoms with van der Waals surface area (Å²) in [5, 5.41) is 0.